The van der Waals surface area contributed by atoms with Crippen LogP contribution in [0.15, 0.2) is 29.4 Å². The van der Waals surface area contributed by atoms with Crippen LogP contribution in [-0.2, 0) is 14.8 Å². The average molecular weight is 466 g/mol. The van der Waals surface area contributed by atoms with Crippen molar-refractivity contribution in [1.29, 1.82) is 0 Å². The topological polar surface area (TPSA) is 88.1 Å². The third-order valence-electron chi connectivity index (χ3n) is 5.75. The Kier molecular flexibility index (Phi) is 11.0. The third kappa shape index (κ3) is 8.81. The number of carbonyl (C=O) groups is 1. The van der Waals surface area contributed by atoms with Gasteiger partial charge in [-0.2, -0.15) is 5.10 Å². The van der Waals surface area contributed by atoms with Gasteiger partial charge in [0, 0.05) is 5.71 Å². The lowest BCUT2D eigenvalue weighted by molar-refractivity contribution is -0.121. The van der Waals surface area contributed by atoms with E-state index in [0.29, 0.717) is 18.0 Å². The summed E-state index contributed by atoms with van der Waals surface area (Å²) >= 11 is 0. The van der Waals surface area contributed by atoms with Crippen molar-refractivity contribution in [3.05, 3.63) is 24.3 Å². The molecule has 0 radical (unpaired) electrons. The van der Waals surface area contributed by atoms with Crippen molar-refractivity contribution in [2.24, 2.45) is 5.10 Å². The van der Waals surface area contributed by atoms with Crippen molar-refractivity contribution < 1.29 is 17.9 Å². The van der Waals surface area contributed by atoms with Crippen molar-refractivity contribution in [3.8, 4) is 5.75 Å². The zero-order valence-electron chi connectivity index (χ0n) is 19.8. The predicted molar refractivity (Wildman–Crippen MR) is 131 cm³/mol. The van der Waals surface area contributed by atoms with Crippen LogP contribution in [0.4, 0.5) is 5.69 Å². The lowest BCUT2D eigenvalue weighted by Crippen LogP contribution is -2.46. The monoisotopic (exact) mass is 465 g/mol. The summed E-state index contributed by atoms with van der Waals surface area (Å²) in [5.74, 6) is 0.207. The molecular formula is C24H39N3O4S. The molecule has 0 unspecified atom stereocenters. The van der Waals surface area contributed by atoms with E-state index in [1.807, 2.05) is 6.92 Å². The van der Waals surface area contributed by atoms with Crippen LogP contribution in [-0.4, -0.2) is 38.9 Å². The lowest BCUT2D eigenvalue weighted by Gasteiger charge is -2.27. The standard InChI is InChI=1S/C24H39N3O4S/c1-4-31-23-18-16-22(17-19-23)27(32(3,29)30)20(2)24(28)26-25-21-14-12-10-8-6-5-7-9-11-13-15-21/h16-20H,4-15H2,1-3H3,(H,26,28)/t20-/m0/s1. The van der Waals surface area contributed by atoms with Gasteiger partial charge in [-0.25, -0.2) is 13.8 Å². The molecule has 1 saturated carbocycles. The SMILES string of the molecule is CCOc1ccc(N([C@@H](C)C(=O)NN=C2CCCCCCCCCCC2)S(C)(=O)=O)cc1. The molecule has 1 aromatic carbocycles. The molecule has 0 saturated heterocycles. The van der Waals surface area contributed by atoms with Gasteiger partial charge < -0.3 is 4.74 Å². The zero-order chi connectivity index (χ0) is 23.4. The highest BCUT2D eigenvalue weighted by Gasteiger charge is 2.29. The van der Waals surface area contributed by atoms with E-state index in [1.54, 1.807) is 31.2 Å². The summed E-state index contributed by atoms with van der Waals surface area (Å²) in [7, 11) is -3.67. The van der Waals surface area contributed by atoms with E-state index in [0.717, 1.165) is 42.0 Å². The molecule has 1 amide bonds. The molecular weight excluding hydrogens is 426 g/mol. The van der Waals surface area contributed by atoms with Crippen LogP contribution in [0.25, 0.3) is 0 Å². The molecule has 1 fully saturated rings. The third-order valence-corrected chi connectivity index (χ3v) is 6.99. The van der Waals surface area contributed by atoms with Crippen LogP contribution in [0.1, 0.15) is 84.5 Å². The van der Waals surface area contributed by atoms with Crippen LogP contribution < -0.4 is 14.5 Å². The number of hydrogen-bond acceptors (Lipinski definition) is 5. The van der Waals surface area contributed by atoms with Gasteiger partial charge in [-0.3, -0.25) is 9.10 Å². The maximum absolute atomic E-state index is 12.8. The van der Waals surface area contributed by atoms with Crippen LogP contribution >= 0.6 is 0 Å². The summed E-state index contributed by atoms with van der Waals surface area (Å²) in [6, 6.07) is 5.77. The summed E-state index contributed by atoms with van der Waals surface area (Å²) in [5.41, 5.74) is 4.05. The number of rotatable bonds is 7. The van der Waals surface area contributed by atoms with E-state index in [-0.39, 0.29) is 0 Å². The minimum Gasteiger partial charge on any atom is -0.494 e. The van der Waals surface area contributed by atoms with Gasteiger partial charge in [0.1, 0.15) is 11.8 Å². The minimum atomic E-state index is -3.67. The van der Waals surface area contributed by atoms with Gasteiger partial charge in [-0.15, -0.1) is 0 Å². The Labute approximate surface area is 193 Å². The molecule has 0 aliphatic heterocycles. The Morgan fingerprint density at radius 3 is 1.97 bits per heavy atom. The number of nitrogens with one attached hydrogen (secondary N) is 1. The highest BCUT2D eigenvalue weighted by molar-refractivity contribution is 7.92. The largest absolute Gasteiger partial charge is 0.494 e. The fourth-order valence-electron chi connectivity index (χ4n) is 4.02. The Morgan fingerprint density at radius 2 is 1.50 bits per heavy atom. The van der Waals surface area contributed by atoms with E-state index in [2.05, 4.69) is 10.5 Å². The molecule has 180 valence electrons. The van der Waals surface area contributed by atoms with Crippen LogP contribution in [0.3, 0.4) is 0 Å². The second kappa shape index (κ2) is 13.5. The van der Waals surface area contributed by atoms with Gasteiger partial charge in [-0.1, -0.05) is 44.9 Å². The first-order valence-corrected chi connectivity index (χ1v) is 13.8. The van der Waals surface area contributed by atoms with Crippen molar-refractivity contribution in [2.75, 3.05) is 17.2 Å². The number of hydrogen-bond donors (Lipinski definition) is 1. The van der Waals surface area contributed by atoms with Gasteiger partial charge in [0.25, 0.3) is 5.91 Å². The summed E-state index contributed by atoms with van der Waals surface area (Å²) in [6.07, 6.45) is 13.8. The second-order valence-corrected chi connectivity index (χ2v) is 10.4. The smallest absolute Gasteiger partial charge is 0.263 e. The Balaban J connectivity index is 2.08. The number of nitrogens with zero attached hydrogens (tertiary/aromatic N) is 2. The number of anilines is 1. The first-order chi connectivity index (χ1) is 15.3. The average Bonchev–Trinajstić information content (AvgIpc) is 2.73. The summed E-state index contributed by atoms with van der Waals surface area (Å²) in [6.45, 7) is 3.98. The van der Waals surface area contributed by atoms with Gasteiger partial charge in [0.05, 0.1) is 18.6 Å². The molecule has 7 nitrogen and oxygen atoms in total. The van der Waals surface area contributed by atoms with Crippen molar-refractivity contribution in [2.45, 2.75) is 90.5 Å². The Hall–Kier alpha value is -2.09. The highest BCUT2D eigenvalue weighted by atomic mass is 32.2. The fraction of sp³-hybridized carbons (Fsp3) is 0.667. The molecule has 0 aromatic heterocycles. The molecule has 1 atom stereocenters. The summed E-state index contributed by atoms with van der Waals surface area (Å²) in [4.78, 5) is 12.8. The van der Waals surface area contributed by atoms with Crippen LogP contribution in [0.5, 0.6) is 5.75 Å². The van der Waals surface area contributed by atoms with Gasteiger partial charge in [0.15, 0.2) is 0 Å². The zero-order valence-corrected chi connectivity index (χ0v) is 20.6. The molecule has 1 aliphatic rings. The molecule has 1 aromatic rings. The molecule has 2 rings (SSSR count). The van der Waals surface area contributed by atoms with Crippen molar-refractivity contribution >= 4 is 27.3 Å². The first-order valence-electron chi connectivity index (χ1n) is 11.9. The highest BCUT2D eigenvalue weighted by Crippen LogP contribution is 2.24. The summed E-state index contributed by atoms with van der Waals surface area (Å²) < 4.78 is 31.5. The maximum atomic E-state index is 12.8. The quantitative estimate of drug-likeness (QED) is 0.573. The number of ether oxygens (including phenoxy) is 1. The molecule has 1 aliphatic carbocycles. The van der Waals surface area contributed by atoms with Crippen LogP contribution in [0, 0.1) is 0 Å². The fourth-order valence-corrected chi connectivity index (χ4v) is 5.20. The number of amides is 1. The van der Waals surface area contributed by atoms with E-state index >= 15 is 0 Å². The minimum absolute atomic E-state index is 0.414. The Bertz CT molecular complexity index is 823. The van der Waals surface area contributed by atoms with E-state index < -0.39 is 22.0 Å². The molecule has 0 bridgehead atoms. The first kappa shape index (κ1) is 26.2. The predicted octanol–water partition coefficient (Wildman–Crippen LogP) is 5.02. The number of benzene rings is 1. The molecule has 0 spiro atoms. The van der Waals surface area contributed by atoms with E-state index in [4.69, 9.17) is 4.74 Å². The molecule has 32 heavy (non-hydrogen) atoms. The number of hydrazone groups is 1. The Morgan fingerprint density at radius 1 is 1.00 bits per heavy atom. The van der Waals surface area contributed by atoms with Crippen LogP contribution in [0.2, 0.25) is 0 Å². The van der Waals surface area contributed by atoms with E-state index in [1.165, 1.54) is 44.9 Å². The van der Waals surface area contributed by atoms with E-state index in [9.17, 15) is 13.2 Å². The number of carbonyl (C=O) groups excluding carboxylic acids is 1. The maximum Gasteiger partial charge on any atom is 0.263 e. The van der Waals surface area contributed by atoms with Gasteiger partial charge >= 0.3 is 0 Å². The lowest BCUT2D eigenvalue weighted by atomic mass is 10.00. The van der Waals surface area contributed by atoms with Crippen molar-refractivity contribution in [3.63, 3.8) is 0 Å². The second-order valence-electron chi connectivity index (χ2n) is 8.50. The van der Waals surface area contributed by atoms with Gasteiger partial charge in [-0.05, 0) is 63.8 Å². The van der Waals surface area contributed by atoms with Crippen molar-refractivity contribution in [1.82, 2.24) is 5.43 Å². The molecule has 1 N–H and O–H groups in total. The van der Waals surface area contributed by atoms with Gasteiger partial charge in [0.2, 0.25) is 10.0 Å². The molecule has 0 heterocycles. The number of sulfonamides is 1. The normalized spacial score (nSPS) is 17.4. The summed E-state index contributed by atoms with van der Waals surface area (Å²) in [5, 5.41) is 4.40. The molecule has 8 heteroatoms.